The van der Waals surface area contributed by atoms with E-state index in [-0.39, 0.29) is 0 Å². The molecule has 0 aromatic heterocycles. The molecular formula is C11H12Cl2Si. The highest BCUT2D eigenvalue weighted by molar-refractivity contribution is 7.51. The summed E-state index contributed by atoms with van der Waals surface area (Å²) in [7, 11) is 0. The molecule has 1 aromatic rings. The number of hydrogen-bond donors (Lipinski definition) is 0. The highest BCUT2D eigenvalue weighted by Crippen LogP contribution is 2.38. The Morgan fingerprint density at radius 3 is 2.43 bits per heavy atom. The van der Waals surface area contributed by atoms with Crippen LogP contribution in [0.25, 0.3) is 0 Å². The third kappa shape index (κ3) is 1.90. The molecule has 1 unspecified atom stereocenters. The van der Waals surface area contributed by atoms with E-state index < -0.39 is 6.69 Å². The number of allylic oxidation sites excluding steroid dienone is 2. The van der Waals surface area contributed by atoms with Gasteiger partial charge >= 0.3 is 0 Å². The fourth-order valence-electron chi connectivity index (χ4n) is 1.81. The van der Waals surface area contributed by atoms with Crippen molar-refractivity contribution in [2.75, 3.05) is 0 Å². The van der Waals surface area contributed by atoms with Gasteiger partial charge in [-0.15, -0.1) is 22.2 Å². The minimum absolute atomic E-state index is 0.383. The minimum Gasteiger partial charge on any atom is -0.139 e. The van der Waals surface area contributed by atoms with Gasteiger partial charge in [-0.25, -0.2) is 0 Å². The molecule has 3 heteroatoms. The van der Waals surface area contributed by atoms with Gasteiger partial charge in [-0.05, 0) is 18.0 Å². The number of hydrogen-bond acceptors (Lipinski definition) is 0. The first-order valence-corrected chi connectivity index (χ1v) is 8.91. The smallest absolute Gasteiger partial charge is 0.139 e. The molecule has 0 bridgehead atoms. The van der Waals surface area contributed by atoms with E-state index in [0.717, 1.165) is 18.0 Å². The van der Waals surface area contributed by atoms with Crippen LogP contribution in [0.2, 0.25) is 5.54 Å². The van der Waals surface area contributed by atoms with Crippen molar-refractivity contribution in [3.05, 3.63) is 42.5 Å². The number of benzene rings is 1. The summed E-state index contributed by atoms with van der Waals surface area (Å²) in [6, 6.07) is 10.1. The summed E-state index contributed by atoms with van der Waals surface area (Å²) in [5.74, 6) is 0. The fourth-order valence-corrected chi connectivity index (χ4v) is 5.63. The van der Waals surface area contributed by atoms with Gasteiger partial charge in [0.05, 0.1) is 0 Å². The van der Waals surface area contributed by atoms with Crippen LogP contribution < -0.4 is 5.19 Å². The Bertz CT molecular complexity index is 332. The van der Waals surface area contributed by atoms with E-state index in [1.807, 2.05) is 30.3 Å². The largest absolute Gasteiger partial charge is 0.287 e. The zero-order valence-electron chi connectivity index (χ0n) is 7.79. The monoisotopic (exact) mass is 242 g/mol. The van der Waals surface area contributed by atoms with Crippen LogP contribution in [0.3, 0.4) is 0 Å². The molecule has 0 radical (unpaired) electrons. The molecule has 0 spiro atoms. The number of halogens is 2. The third-order valence-electron chi connectivity index (χ3n) is 2.64. The van der Waals surface area contributed by atoms with Crippen LogP contribution in [-0.2, 0) is 0 Å². The van der Waals surface area contributed by atoms with E-state index >= 15 is 0 Å². The molecule has 0 N–H and O–H groups in total. The SMILES string of the molecule is Cl[Si](Cl)(c1ccccc1)C1C=CCC1. The Balaban J connectivity index is 2.27. The van der Waals surface area contributed by atoms with Crippen LogP contribution in [0.5, 0.6) is 0 Å². The van der Waals surface area contributed by atoms with Crippen LogP contribution in [-0.4, -0.2) is 6.69 Å². The molecule has 1 aliphatic rings. The average Bonchev–Trinajstić information content (AvgIpc) is 2.72. The highest BCUT2D eigenvalue weighted by Gasteiger charge is 2.39. The van der Waals surface area contributed by atoms with Gasteiger partial charge in [0, 0.05) is 5.54 Å². The zero-order chi connectivity index (χ0) is 10.0. The van der Waals surface area contributed by atoms with Crippen molar-refractivity contribution in [3.8, 4) is 0 Å². The Morgan fingerprint density at radius 2 is 1.86 bits per heavy atom. The second-order valence-corrected chi connectivity index (χ2v) is 10.3. The fraction of sp³-hybridized carbons (Fsp3) is 0.273. The van der Waals surface area contributed by atoms with Crippen molar-refractivity contribution in [3.63, 3.8) is 0 Å². The third-order valence-corrected chi connectivity index (χ3v) is 8.14. The minimum atomic E-state index is -2.29. The molecule has 0 nitrogen and oxygen atoms in total. The Labute approximate surface area is 95.0 Å². The van der Waals surface area contributed by atoms with Crippen LogP contribution in [0.4, 0.5) is 0 Å². The van der Waals surface area contributed by atoms with Crippen LogP contribution in [0.15, 0.2) is 42.5 Å². The maximum Gasteiger partial charge on any atom is 0.287 e. The summed E-state index contributed by atoms with van der Waals surface area (Å²) in [5.41, 5.74) is 0.383. The molecule has 2 rings (SSSR count). The van der Waals surface area contributed by atoms with E-state index in [4.69, 9.17) is 22.2 Å². The molecule has 1 aliphatic carbocycles. The van der Waals surface area contributed by atoms with E-state index in [1.54, 1.807) is 0 Å². The van der Waals surface area contributed by atoms with Gasteiger partial charge in [-0.1, -0.05) is 42.5 Å². The first-order valence-electron chi connectivity index (χ1n) is 4.81. The first kappa shape index (κ1) is 10.3. The first-order chi connectivity index (χ1) is 6.71. The lowest BCUT2D eigenvalue weighted by molar-refractivity contribution is 0.914. The van der Waals surface area contributed by atoms with Gasteiger partial charge < -0.3 is 0 Å². The molecule has 1 atom stereocenters. The zero-order valence-corrected chi connectivity index (χ0v) is 10.3. The van der Waals surface area contributed by atoms with Gasteiger partial charge in [0.1, 0.15) is 0 Å². The predicted molar refractivity (Wildman–Crippen MR) is 65.7 cm³/mol. The van der Waals surface area contributed by atoms with E-state index in [0.29, 0.717) is 5.54 Å². The summed E-state index contributed by atoms with van der Waals surface area (Å²) in [5, 5.41) is 1.12. The lowest BCUT2D eigenvalue weighted by Crippen LogP contribution is -2.40. The molecule has 1 aromatic carbocycles. The van der Waals surface area contributed by atoms with Crippen LogP contribution in [0, 0.1) is 0 Å². The quantitative estimate of drug-likeness (QED) is 0.423. The number of rotatable bonds is 2. The van der Waals surface area contributed by atoms with Gasteiger partial charge in [0.25, 0.3) is 6.69 Å². The molecule has 74 valence electrons. The molecule has 0 amide bonds. The van der Waals surface area contributed by atoms with E-state index in [9.17, 15) is 0 Å². The van der Waals surface area contributed by atoms with Crippen molar-refractivity contribution in [1.82, 2.24) is 0 Å². The predicted octanol–water partition coefficient (Wildman–Crippen LogP) is 3.53. The second kappa shape index (κ2) is 4.09. The van der Waals surface area contributed by atoms with E-state index in [2.05, 4.69) is 12.2 Å². The van der Waals surface area contributed by atoms with Crippen LogP contribution in [0.1, 0.15) is 12.8 Å². The highest BCUT2D eigenvalue weighted by atomic mass is 35.7. The lowest BCUT2D eigenvalue weighted by Gasteiger charge is -2.22. The summed E-state index contributed by atoms with van der Waals surface area (Å²) in [6.07, 6.45) is 6.58. The van der Waals surface area contributed by atoms with Gasteiger partial charge in [-0.2, -0.15) is 0 Å². The maximum absolute atomic E-state index is 6.52. The summed E-state index contributed by atoms with van der Waals surface area (Å²) >= 11 is 13.0. The van der Waals surface area contributed by atoms with Crippen molar-refractivity contribution in [2.24, 2.45) is 0 Å². The molecular weight excluding hydrogens is 231 g/mol. The van der Waals surface area contributed by atoms with Gasteiger partial charge in [-0.3, -0.25) is 0 Å². The van der Waals surface area contributed by atoms with E-state index in [1.165, 1.54) is 0 Å². The molecule has 0 heterocycles. The standard InChI is InChI=1S/C11H12Cl2Si/c12-14(13,11-8-4-5-9-11)10-6-2-1-3-7-10/h1-4,6-8,11H,5,9H2. The molecule has 0 saturated heterocycles. The second-order valence-electron chi connectivity index (χ2n) is 3.60. The Morgan fingerprint density at radius 1 is 1.14 bits per heavy atom. The summed E-state index contributed by atoms with van der Waals surface area (Å²) in [6.45, 7) is -2.29. The average molecular weight is 243 g/mol. The van der Waals surface area contributed by atoms with Crippen LogP contribution >= 0.6 is 22.2 Å². The maximum atomic E-state index is 6.52. The van der Waals surface area contributed by atoms with Gasteiger partial charge in [0.15, 0.2) is 0 Å². The van der Waals surface area contributed by atoms with Crippen molar-refractivity contribution >= 4 is 34.0 Å². The Kier molecular flexibility index (Phi) is 3.01. The molecule has 0 aliphatic heterocycles. The molecule has 0 saturated carbocycles. The topological polar surface area (TPSA) is 0 Å². The van der Waals surface area contributed by atoms with Crippen molar-refractivity contribution in [2.45, 2.75) is 18.4 Å². The normalized spacial score (nSPS) is 21.4. The Hall–Kier alpha value is -0.243. The lowest BCUT2D eigenvalue weighted by atomic mass is 10.3. The summed E-state index contributed by atoms with van der Waals surface area (Å²) in [4.78, 5) is 0. The molecule has 0 fully saturated rings. The summed E-state index contributed by atoms with van der Waals surface area (Å²) < 4.78 is 0. The van der Waals surface area contributed by atoms with Gasteiger partial charge in [0.2, 0.25) is 0 Å². The van der Waals surface area contributed by atoms with Crippen molar-refractivity contribution in [1.29, 1.82) is 0 Å². The molecule has 14 heavy (non-hydrogen) atoms. The van der Waals surface area contributed by atoms with Crippen molar-refractivity contribution < 1.29 is 0 Å².